The van der Waals surface area contributed by atoms with E-state index in [1.54, 1.807) is 23.1 Å². The number of nitrogens with one attached hydrogen (secondary N) is 1. The van der Waals surface area contributed by atoms with Crippen molar-refractivity contribution in [1.29, 1.82) is 0 Å². The number of hydrogen-bond donors (Lipinski definition) is 1. The normalized spacial score (nSPS) is 16.2. The van der Waals surface area contributed by atoms with Crippen molar-refractivity contribution in [2.75, 3.05) is 10.2 Å². The molecular formula is C20H13BrCl2N2O. The molecule has 3 aromatic rings. The van der Waals surface area contributed by atoms with Gasteiger partial charge in [-0.25, -0.2) is 0 Å². The molecule has 0 radical (unpaired) electrons. The summed E-state index contributed by atoms with van der Waals surface area (Å²) in [6.07, 6.45) is -0.368. The molecule has 0 fully saturated rings. The average molecular weight is 448 g/mol. The first kappa shape index (κ1) is 17.4. The maximum atomic E-state index is 13.3. The lowest BCUT2D eigenvalue weighted by Crippen LogP contribution is -2.43. The van der Waals surface area contributed by atoms with Crippen molar-refractivity contribution in [2.24, 2.45) is 0 Å². The second-order valence-corrected chi connectivity index (χ2v) is 7.65. The first-order chi connectivity index (χ1) is 12.5. The molecular weight excluding hydrogens is 435 g/mol. The number of carbonyl (C=O) groups is 1. The molecule has 0 saturated carbocycles. The SMILES string of the molecule is O=C1c2ccccc2N[C@@H](c2cccc(Br)c2)N1c1ccc(Cl)c(Cl)c1. The maximum absolute atomic E-state index is 13.3. The Kier molecular flexibility index (Phi) is 4.65. The van der Waals surface area contributed by atoms with Crippen molar-refractivity contribution >= 4 is 56.4 Å². The van der Waals surface area contributed by atoms with E-state index >= 15 is 0 Å². The summed E-state index contributed by atoms with van der Waals surface area (Å²) in [7, 11) is 0. The molecule has 6 heteroatoms. The smallest absolute Gasteiger partial charge is 0.262 e. The molecule has 0 saturated heterocycles. The van der Waals surface area contributed by atoms with Gasteiger partial charge in [-0.05, 0) is 48.0 Å². The fourth-order valence-electron chi connectivity index (χ4n) is 3.06. The van der Waals surface area contributed by atoms with Crippen molar-refractivity contribution in [3.63, 3.8) is 0 Å². The predicted octanol–water partition coefficient (Wildman–Crippen LogP) is 6.53. The van der Waals surface area contributed by atoms with E-state index in [1.165, 1.54) is 0 Å². The number of rotatable bonds is 2. The van der Waals surface area contributed by atoms with Gasteiger partial charge in [0.25, 0.3) is 5.91 Å². The standard InChI is InChI=1S/C20H13BrCl2N2O/c21-13-5-3-4-12(10-13)19-24-18-7-2-1-6-15(18)20(26)25(19)14-8-9-16(22)17(23)11-14/h1-11,19,24H/t19-/m1/s1. The highest BCUT2D eigenvalue weighted by atomic mass is 79.9. The third-order valence-electron chi connectivity index (χ3n) is 4.27. The van der Waals surface area contributed by atoms with Gasteiger partial charge in [0.15, 0.2) is 0 Å². The molecule has 4 rings (SSSR count). The molecule has 1 amide bonds. The summed E-state index contributed by atoms with van der Waals surface area (Å²) in [5.74, 6) is -0.0947. The summed E-state index contributed by atoms with van der Waals surface area (Å²) in [5.41, 5.74) is 3.05. The first-order valence-electron chi connectivity index (χ1n) is 7.94. The van der Waals surface area contributed by atoms with Crippen molar-refractivity contribution in [2.45, 2.75) is 6.17 Å². The lowest BCUT2D eigenvalue weighted by atomic mass is 10.0. The molecule has 0 spiro atoms. The van der Waals surface area contributed by atoms with E-state index in [-0.39, 0.29) is 12.1 Å². The molecule has 3 aromatic carbocycles. The van der Waals surface area contributed by atoms with Crippen molar-refractivity contribution in [3.05, 3.63) is 92.4 Å². The molecule has 0 bridgehead atoms. The van der Waals surface area contributed by atoms with E-state index in [4.69, 9.17) is 23.2 Å². The van der Waals surface area contributed by atoms with Crippen LogP contribution >= 0.6 is 39.1 Å². The van der Waals surface area contributed by atoms with Gasteiger partial charge in [0, 0.05) is 15.8 Å². The second-order valence-electron chi connectivity index (χ2n) is 5.92. The highest BCUT2D eigenvalue weighted by Gasteiger charge is 2.34. The summed E-state index contributed by atoms with van der Waals surface area (Å²) >= 11 is 15.8. The molecule has 0 aromatic heterocycles. The van der Waals surface area contributed by atoms with Gasteiger partial charge in [0.2, 0.25) is 0 Å². The summed E-state index contributed by atoms with van der Waals surface area (Å²) in [5, 5.41) is 4.32. The average Bonchev–Trinajstić information content (AvgIpc) is 2.64. The molecule has 1 atom stereocenters. The number of carbonyl (C=O) groups excluding carboxylic acids is 1. The Morgan fingerprint density at radius 1 is 0.923 bits per heavy atom. The van der Waals surface area contributed by atoms with Gasteiger partial charge in [-0.15, -0.1) is 0 Å². The van der Waals surface area contributed by atoms with Crippen LogP contribution in [0.2, 0.25) is 10.0 Å². The summed E-state index contributed by atoms with van der Waals surface area (Å²) in [4.78, 5) is 15.0. The second kappa shape index (κ2) is 6.95. The summed E-state index contributed by atoms with van der Waals surface area (Å²) in [6, 6.07) is 20.6. The topological polar surface area (TPSA) is 32.3 Å². The van der Waals surface area contributed by atoms with Crippen LogP contribution in [0.4, 0.5) is 11.4 Å². The lowest BCUT2D eigenvalue weighted by Gasteiger charge is -2.38. The van der Waals surface area contributed by atoms with E-state index in [9.17, 15) is 4.79 Å². The van der Waals surface area contributed by atoms with Gasteiger partial charge in [-0.2, -0.15) is 0 Å². The van der Waals surface area contributed by atoms with Crippen LogP contribution in [0, 0.1) is 0 Å². The van der Waals surface area contributed by atoms with Gasteiger partial charge in [-0.3, -0.25) is 9.69 Å². The number of amides is 1. The number of halogens is 3. The Morgan fingerprint density at radius 3 is 2.50 bits per heavy atom. The highest BCUT2D eigenvalue weighted by Crippen LogP contribution is 2.38. The fourth-order valence-corrected chi connectivity index (χ4v) is 3.77. The molecule has 130 valence electrons. The molecule has 1 aliphatic rings. The van der Waals surface area contributed by atoms with Crippen molar-refractivity contribution in [3.8, 4) is 0 Å². The van der Waals surface area contributed by atoms with E-state index < -0.39 is 0 Å². The Hall–Kier alpha value is -2.01. The molecule has 26 heavy (non-hydrogen) atoms. The van der Waals surface area contributed by atoms with Crippen LogP contribution in [0.3, 0.4) is 0 Å². The number of anilines is 2. The fraction of sp³-hybridized carbons (Fsp3) is 0.0500. The highest BCUT2D eigenvalue weighted by molar-refractivity contribution is 9.10. The quantitative estimate of drug-likeness (QED) is 0.484. The zero-order chi connectivity index (χ0) is 18.3. The lowest BCUT2D eigenvalue weighted by molar-refractivity contribution is 0.0975. The number of para-hydroxylation sites is 1. The van der Waals surface area contributed by atoms with E-state index in [0.29, 0.717) is 21.3 Å². The molecule has 1 N–H and O–H groups in total. The van der Waals surface area contributed by atoms with Crippen LogP contribution in [0.25, 0.3) is 0 Å². The van der Waals surface area contributed by atoms with Crippen LogP contribution in [0.15, 0.2) is 71.2 Å². The maximum Gasteiger partial charge on any atom is 0.262 e. The van der Waals surface area contributed by atoms with Gasteiger partial charge in [0.05, 0.1) is 15.6 Å². The molecule has 1 aliphatic heterocycles. The summed E-state index contributed by atoms with van der Waals surface area (Å²) < 4.78 is 0.942. The molecule has 0 aliphatic carbocycles. The minimum absolute atomic E-state index is 0.0947. The Balaban J connectivity index is 1.88. The first-order valence-corrected chi connectivity index (χ1v) is 9.49. The number of benzene rings is 3. The minimum Gasteiger partial charge on any atom is -0.360 e. The Bertz CT molecular complexity index is 1010. The molecule has 1 heterocycles. The zero-order valence-electron chi connectivity index (χ0n) is 13.4. The van der Waals surface area contributed by atoms with Gasteiger partial charge >= 0.3 is 0 Å². The van der Waals surface area contributed by atoms with Crippen molar-refractivity contribution in [1.82, 2.24) is 0 Å². The number of fused-ring (bicyclic) bond motifs is 1. The van der Waals surface area contributed by atoms with Crippen LogP contribution in [0.1, 0.15) is 22.1 Å². The third-order valence-corrected chi connectivity index (χ3v) is 5.50. The van der Waals surface area contributed by atoms with Crippen LogP contribution in [0.5, 0.6) is 0 Å². The third kappa shape index (κ3) is 3.09. The largest absolute Gasteiger partial charge is 0.360 e. The van der Waals surface area contributed by atoms with E-state index in [1.807, 2.05) is 48.5 Å². The number of hydrogen-bond acceptors (Lipinski definition) is 2. The van der Waals surface area contributed by atoms with Gasteiger partial charge in [0.1, 0.15) is 6.17 Å². The molecule has 3 nitrogen and oxygen atoms in total. The van der Waals surface area contributed by atoms with Crippen LogP contribution < -0.4 is 10.2 Å². The van der Waals surface area contributed by atoms with Crippen molar-refractivity contribution < 1.29 is 4.79 Å². The zero-order valence-corrected chi connectivity index (χ0v) is 16.5. The van der Waals surface area contributed by atoms with Crippen LogP contribution in [-0.4, -0.2) is 5.91 Å². The minimum atomic E-state index is -0.368. The Labute approximate surface area is 169 Å². The van der Waals surface area contributed by atoms with Gasteiger partial charge in [-0.1, -0.05) is 63.4 Å². The predicted molar refractivity (Wildman–Crippen MR) is 110 cm³/mol. The van der Waals surface area contributed by atoms with Crippen LogP contribution in [-0.2, 0) is 0 Å². The van der Waals surface area contributed by atoms with E-state index in [0.717, 1.165) is 15.7 Å². The monoisotopic (exact) mass is 446 g/mol. The van der Waals surface area contributed by atoms with E-state index in [2.05, 4.69) is 21.2 Å². The summed E-state index contributed by atoms with van der Waals surface area (Å²) in [6.45, 7) is 0. The Morgan fingerprint density at radius 2 is 1.73 bits per heavy atom. The number of nitrogens with zero attached hydrogens (tertiary/aromatic N) is 1. The van der Waals surface area contributed by atoms with Gasteiger partial charge < -0.3 is 5.32 Å². The molecule has 0 unspecified atom stereocenters.